The Balaban J connectivity index is 2.59. The summed E-state index contributed by atoms with van der Waals surface area (Å²) in [5, 5.41) is 24.5. The zero-order chi connectivity index (χ0) is 20.9. The summed E-state index contributed by atoms with van der Waals surface area (Å²) in [7, 11) is 0. The number of nitro groups is 1. The fourth-order valence-corrected chi connectivity index (χ4v) is 2.06. The fraction of sp³-hybridized carbons (Fsp3) is 0.500. The van der Waals surface area contributed by atoms with Crippen LogP contribution >= 0.6 is 0 Å². The summed E-state index contributed by atoms with van der Waals surface area (Å²) < 4.78 is 0. The molecular formula is C16H25N8O4. The molecule has 0 aliphatic rings. The molecule has 0 saturated carbocycles. The molecule has 0 saturated heterocycles. The molecule has 153 valence electrons. The Bertz CT molecular complexity index is 668. The van der Waals surface area contributed by atoms with Gasteiger partial charge in [0.15, 0.2) is 5.03 Å². The van der Waals surface area contributed by atoms with Crippen LogP contribution in [0.3, 0.4) is 0 Å². The number of hydrogen-bond acceptors (Lipinski definition) is 7. The van der Waals surface area contributed by atoms with E-state index in [1.807, 2.05) is 13.8 Å². The maximum Gasteiger partial charge on any atom is 0.272 e. The second-order valence-corrected chi connectivity index (χ2v) is 6.27. The number of nitrogens with one attached hydrogen (secondary N) is 5. The Hall–Kier alpha value is -3.31. The van der Waals surface area contributed by atoms with Gasteiger partial charge in [-0.05, 0) is 25.2 Å². The van der Waals surface area contributed by atoms with Crippen molar-refractivity contribution >= 4 is 17.8 Å². The average molecular weight is 393 g/mol. The predicted molar refractivity (Wildman–Crippen MR) is 100 cm³/mol. The van der Waals surface area contributed by atoms with Crippen LogP contribution in [0.4, 0.5) is 0 Å². The second kappa shape index (κ2) is 12.1. The lowest BCUT2D eigenvalue weighted by atomic mass is 10.1. The van der Waals surface area contributed by atoms with Gasteiger partial charge in [0.2, 0.25) is 5.91 Å². The topological polar surface area (TPSA) is 175 Å². The number of carbonyl (C=O) groups is 2. The highest BCUT2D eigenvalue weighted by Crippen LogP contribution is 2.03. The summed E-state index contributed by atoms with van der Waals surface area (Å²) in [6, 6.07) is -0.836. The summed E-state index contributed by atoms with van der Waals surface area (Å²) in [6.07, 6.45) is 5.42. The number of aromatic nitrogens is 2. The van der Waals surface area contributed by atoms with Gasteiger partial charge in [-0.15, -0.1) is 0 Å². The largest absolute Gasteiger partial charge is 0.352 e. The third-order valence-electron chi connectivity index (χ3n) is 3.43. The van der Waals surface area contributed by atoms with Crippen molar-refractivity contribution in [1.82, 2.24) is 31.3 Å². The third-order valence-corrected chi connectivity index (χ3v) is 3.43. The van der Waals surface area contributed by atoms with Crippen LogP contribution in [0.1, 0.15) is 43.6 Å². The highest BCUT2D eigenvalue weighted by molar-refractivity contribution is 5.95. The standard InChI is InChI=1S/C16H25N8O4/c1-11(2)5-7-20-14(25)12(4-3-6-21-16(17)23-24(27)28)22-15(26)13-10-18-8-9-19-13/h7-12H,3-6H2,1-2H3,(H,20,25)(H,22,26)(H3,17,21,23)/t12-/m0/s1. The lowest BCUT2D eigenvalue weighted by Crippen LogP contribution is -2.47. The Labute approximate surface area is 162 Å². The Kier molecular flexibility index (Phi) is 9.86. The van der Waals surface area contributed by atoms with Gasteiger partial charge in [0.05, 0.1) is 6.20 Å². The monoisotopic (exact) mass is 393 g/mol. The van der Waals surface area contributed by atoms with Crippen molar-refractivity contribution in [1.29, 1.82) is 5.41 Å². The van der Waals surface area contributed by atoms with Crippen molar-refractivity contribution in [2.45, 2.75) is 39.2 Å². The van der Waals surface area contributed by atoms with Gasteiger partial charge in [0.1, 0.15) is 11.7 Å². The number of hydrogen-bond donors (Lipinski definition) is 5. The molecule has 5 N–H and O–H groups in total. The van der Waals surface area contributed by atoms with Crippen LogP contribution in [0.2, 0.25) is 0 Å². The lowest BCUT2D eigenvalue weighted by Gasteiger charge is -2.18. The number of nitrogens with zero attached hydrogens (tertiary/aromatic N) is 3. The van der Waals surface area contributed by atoms with E-state index in [1.165, 1.54) is 18.6 Å². The van der Waals surface area contributed by atoms with Crippen molar-refractivity contribution in [3.8, 4) is 0 Å². The molecule has 1 aromatic rings. The van der Waals surface area contributed by atoms with Gasteiger partial charge >= 0.3 is 0 Å². The minimum Gasteiger partial charge on any atom is -0.352 e. The smallest absolute Gasteiger partial charge is 0.272 e. The van der Waals surface area contributed by atoms with Crippen LogP contribution in [0.5, 0.6) is 0 Å². The van der Waals surface area contributed by atoms with Gasteiger partial charge in [-0.25, -0.2) is 15.1 Å². The minimum absolute atomic E-state index is 0.0848. The van der Waals surface area contributed by atoms with E-state index in [1.54, 1.807) is 12.0 Å². The van der Waals surface area contributed by atoms with Gasteiger partial charge < -0.3 is 16.0 Å². The van der Waals surface area contributed by atoms with Gasteiger partial charge in [-0.3, -0.25) is 20.0 Å². The van der Waals surface area contributed by atoms with Crippen LogP contribution in [0, 0.1) is 28.0 Å². The molecule has 28 heavy (non-hydrogen) atoms. The van der Waals surface area contributed by atoms with Gasteiger partial charge in [0, 0.05) is 25.5 Å². The van der Waals surface area contributed by atoms with Crippen LogP contribution in [-0.2, 0) is 4.79 Å². The molecule has 0 spiro atoms. The zero-order valence-corrected chi connectivity index (χ0v) is 15.8. The van der Waals surface area contributed by atoms with Crippen LogP contribution in [-0.4, -0.2) is 45.4 Å². The van der Waals surface area contributed by atoms with Crippen LogP contribution in [0.25, 0.3) is 0 Å². The highest BCUT2D eigenvalue weighted by Gasteiger charge is 2.21. The zero-order valence-electron chi connectivity index (χ0n) is 15.8. The third kappa shape index (κ3) is 9.40. The first-order chi connectivity index (χ1) is 13.3. The number of rotatable bonds is 11. The summed E-state index contributed by atoms with van der Waals surface area (Å²) in [4.78, 5) is 42.6. The maximum atomic E-state index is 12.4. The molecule has 0 unspecified atom stereocenters. The molecule has 0 fully saturated rings. The molecule has 12 nitrogen and oxygen atoms in total. The summed E-state index contributed by atoms with van der Waals surface area (Å²) >= 11 is 0. The summed E-state index contributed by atoms with van der Waals surface area (Å²) in [5.41, 5.74) is 1.76. The molecule has 2 amide bonds. The van der Waals surface area contributed by atoms with E-state index in [2.05, 4.69) is 25.9 Å². The molecule has 1 rings (SSSR count). The van der Waals surface area contributed by atoms with Gasteiger partial charge in [-0.1, -0.05) is 19.3 Å². The van der Waals surface area contributed by atoms with E-state index in [0.29, 0.717) is 18.8 Å². The Morgan fingerprint density at radius 3 is 2.71 bits per heavy atom. The molecular weight excluding hydrogens is 368 g/mol. The van der Waals surface area contributed by atoms with Gasteiger partial charge in [0.25, 0.3) is 11.9 Å². The maximum absolute atomic E-state index is 12.4. The molecule has 1 heterocycles. The Morgan fingerprint density at radius 2 is 2.11 bits per heavy atom. The molecule has 1 radical (unpaired) electrons. The first-order valence-electron chi connectivity index (χ1n) is 8.72. The van der Waals surface area contributed by atoms with E-state index in [4.69, 9.17) is 5.41 Å². The van der Waals surface area contributed by atoms with E-state index >= 15 is 0 Å². The minimum atomic E-state index is -0.850. The Morgan fingerprint density at radius 1 is 1.36 bits per heavy atom. The van der Waals surface area contributed by atoms with E-state index in [-0.39, 0.29) is 24.6 Å². The summed E-state index contributed by atoms with van der Waals surface area (Å²) in [6.45, 7) is 5.87. The highest BCUT2D eigenvalue weighted by atomic mass is 16.7. The number of amides is 2. The normalized spacial score (nSPS) is 11.4. The predicted octanol–water partition coefficient (Wildman–Crippen LogP) is -0.0150. The van der Waals surface area contributed by atoms with Crippen molar-refractivity contribution in [3.63, 3.8) is 0 Å². The van der Waals surface area contributed by atoms with E-state index < -0.39 is 22.9 Å². The molecule has 0 aliphatic heterocycles. The van der Waals surface area contributed by atoms with Crippen LogP contribution in [0.15, 0.2) is 18.6 Å². The molecule has 0 aromatic carbocycles. The fourth-order valence-electron chi connectivity index (χ4n) is 2.06. The molecule has 1 atom stereocenters. The van der Waals surface area contributed by atoms with E-state index in [9.17, 15) is 19.7 Å². The van der Waals surface area contributed by atoms with Crippen LogP contribution < -0.4 is 21.4 Å². The number of hydrazine groups is 1. The molecule has 1 aromatic heterocycles. The second-order valence-electron chi connectivity index (χ2n) is 6.27. The van der Waals surface area contributed by atoms with Crippen molar-refractivity contribution in [3.05, 3.63) is 40.9 Å². The molecule has 0 bridgehead atoms. The van der Waals surface area contributed by atoms with Crippen molar-refractivity contribution in [2.75, 3.05) is 6.54 Å². The van der Waals surface area contributed by atoms with E-state index in [0.717, 1.165) is 0 Å². The van der Waals surface area contributed by atoms with Gasteiger partial charge in [-0.2, -0.15) is 0 Å². The first kappa shape index (κ1) is 22.7. The quantitative estimate of drug-likeness (QED) is 0.115. The summed E-state index contributed by atoms with van der Waals surface area (Å²) in [5.74, 6) is -0.999. The molecule has 12 heteroatoms. The SMILES string of the molecule is CC(C)C[CH]NC(=O)[C@H](CCCNC(=N)N[N+](=O)[O-])NC(=O)c1cnccn1. The average Bonchev–Trinajstić information content (AvgIpc) is 2.63. The number of carbonyl (C=O) groups excluding carboxylic acids is 2. The lowest BCUT2D eigenvalue weighted by molar-refractivity contribution is -0.525. The first-order valence-corrected chi connectivity index (χ1v) is 8.72. The van der Waals surface area contributed by atoms with Crippen molar-refractivity contribution in [2.24, 2.45) is 5.92 Å². The number of guanidine groups is 1. The molecule has 0 aliphatic carbocycles. The van der Waals surface area contributed by atoms with Crippen molar-refractivity contribution < 1.29 is 14.6 Å².